The van der Waals surface area contributed by atoms with Crippen molar-refractivity contribution < 1.29 is 14.7 Å². The van der Waals surface area contributed by atoms with Gasteiger partial charge in [0.05, 0.1) is 12.5 Å². The fourth-order valence-electron chi connectivity index (χ4n) is 1.84. The van der Waals surface area contributed by atoms with E-state index in [-0.39, 0.29) is 30.8 Å². The predicted octanol–water partition coefficient (Wildman–Crippen LogP) is -0.257. The third-order valence-electron chi connectivity index (χ3n) is 2.79. The van der Waals surface area contributed by atoms with Crippen molar-refractivity contribution in [1.29, 1.82) is 0 Å². The smallest absolute Gasteiger partial charge is 0.228 e. The highest BCUT2D eigenvalue weighted by atomic mass is 16.3. The van der Waals surface area contributed by atoms with Gasteiger partial charge in [-0.2, -0.15) is 0 Å². The van der Waals surface area contributed by atoms with Crippen molar-refractivity contribution >= 4 is 11.8 Å². The number of aliphatic hydroxyl groups excluding tert-OH is 1. The summed E-state index contributed by atoms with van der Waals surface area (Å²) < 4.78 is 0. The molecule has 92 valence electrons. The average molecular weight is 228 g/mol. The first-order valence-corrected chi connectivity index (χ1v) is 5.85. The van der Waals surface area contributed by atoms with Crippen molar-refractivity contribution in [2.24, 2.45) is 5.92 Å². The first-order chi connectivity index (χ1) is 7.69. The molecule has 2 N–H and O–H groups in total. The van der Waals surface area contributed by atoms with E-state index < -0.39 is 0 Å². The second kappa shape index (κ2) is 6.48. The van der Waals surface area contributed by atoms with Crippen LogP contribution in [0.4, 0.5) is 0 Å². The molecule has 0 aliphatic carbocycles. The number of hydrogen-bond acceptors (Lipinski definition) is 3. The van der Waals surface area contributed by atoms with Gasteiger partial charge in [-0.25, -0.2) is 0 Å². The van der Waals surface area contributed by atoms with E-state index >= 15 is 0 Å². The lowest BCUT2D eigenvalue weighted by molar-refractivity contribution is -0.136. The highest BCUT2D eigenvalue weighted by Crippen LogP contribution is 2.13. The summed E-state index contributed by atoms with van der Waals surface area (Å²) in [7, 11) is 0. The van der Waals surface area contributed by atoms with Crippen molar-refractivity contribution in [1.82, 2.24) is 10.2 Å². The van der Waals surface area contributed by atoms with Gasteiger partial charge in [0, 0.05) is 26.1 Å². The monoisotopic (exact) mass is 228 g/mol. The molecule has 16 heavy (non-hydrogen) atoms. The molecule has 0 aromatic carbocycles. The predicted molar refractivity (Wildman–Crippen MR) is 59.7 cm³/mol. The topological polar surface area (TPSA) is 69.6 Å². The summed E-state index contributed by atoms with van der Waals surface area (Å²) in [6, 6.07) is 0. The second-order valence-electron chi connectivity index (χ2n) is 4.11. The van der Waals surface area contributed by atoms with E-state index in [1.54, 1.807) is 4.90 Å². The number of carbonyl (C=O) groups is 2. The molecule has 2 amide bonds. The molecule has 5 nitrogen and oxygen atoms in total. The minimum absolute atomic E-state index is 0.0131. The molecule has 1 fully saturated rings. The Morgan fingerprint density at radius 1 is 1.56 bits per heavy atom. The van der Waals surface area contributed by atoms with Gasteiger partial charge in [-0.05, 0) is 6.42 Å². The second-order valence-corrected chi connectivity index (χ2v) is 4.11. The molecule has 1 aliphatic rings. The van der Waals surface area contributed by atoms with Crippen LogP contribution in [0.5, 0.6) is 0 Å². The number of aliphatic hydroxyl groups is 1. The molecule has 0 saturated carbocycles. The molecule has 0 aromatic heterocycles. The number of amides is 2. The molecule has 0 aromatic rings. The van der Waals surface area contributed by atoms with Gasteiger partial charge in [0.1, 0.15) is 0 Å². The summed E-state index contributed by atoms with van der Waals surface area (Å²) in [6.45, 7) is 3.50. The maximum Gasteiger partial charge on any atom is 0.228 e. The van der Waals surface area contributed by atoms with Crippen LogP contribution < -0.4 is 5.32 Å². The molecule has 0 radical (unpaired) electrons. The molecule has 5 heteroatoms. The first kappa shape index (κ1) is 13.0. The van der Waals surface area contributed by atoms with Crippen LogP contribution in [0.25, 0.3) is 0 Å². The molecule has 1 atom stereocenters. The molecular formula is C11H20N2O3. The lowest BCUT2D eigenvalue weighted by Gasteiger charge is -2.24. The normalized spacial score (nSPS) is 19.6. The Morgan fingerprint density at radius 3 is 2.81 bits per heavy atom. The molecule has 1 unspecified atom stereocenters. The van der Waals surface area contributed by atoms with Gasteiger partial charge in [0.2, 0.25) is 11.8 Å². The average Bonchev–Trinajstić information content (AvgIpc) is 2.70. The highest BCUT2D eigenvalue weighted by Gasteiger charge is 2.30. The van der Waals surface area contributed by atoms with Gasteiger partial charge in [-0.3, -0.25) is 9.59 Å². The van der Waals surface area contributed by atoms with Gasteiger partial charge in [-0.1, -0.05) is 13.3 Å². The van der Waals surface area contributed by atoms with Gasteiger partial charge in [-0.15, -0.1) is 0 Å². The van der Waals surface area contributed by atoms with Crippen LogP contribution in [-0.2, 0) is 9.59 Å². The maximum absolute atomic E-state index is 12.0. The van der Waals surface area contributed by atoms with E-state index in [0.717, 1.165) is 12.8 Å². The quantitative estimate of drug-likeness (QED) is 0.658. The van der Waals surface area contributed by atoms with Crippen molar-refractivity contribution in [3.8, 4) is 0 Å². The zero-order valence-electron chi connectivity index (χ0n) is 9.74. The number of rotatable bonds is 6. The van der Waals surface area contributed by atoms with Gasteiger partial charge in [0.15, 0.2) is 0 Å². The summed E-state index contributed by atoms with van der Waals surface area (Å²) in [4.78, 5) is 24.7. The molecule has 1 rings (SSSR count). The standard InChI is InChI=1S/C11H20N2O3/c1-2-3-4-13(5-6-14)11(16)9-7-10(15)12-8-9/h9,14H,2-8H2,1H3,(H,12,15). The minimum atomic E-state index is -0.240. The maximum atomic E-state index is 12.0. The fourth-order valence-corrected chi connectivity index (χ4v) is 1.84. The van der Waals surface area contributed by atoms with E-state index in [4.69, 9.17) is 5.11 Å². The zero-order valence-corrected chi connectivity index (χ0v) is 9.74. The van der Waals surface area contributed by atoms with Crippen molar-refractivity contribution in [3.63, 3.8) is 0 Å². The molecule has 0 spiro atoms. The summed E-state index contributed by atoms with van der Waals surface area (Å²) in [6.07, 6.45) is 2.23. The van der Waals surface area contributed by atoms with Crippen LogP contribution >= 0.6 is 0 Å². The Labute approximate surface area is 95.8 Å². The number of carbonyl (C=O) groups excluding carboxylic acids is 2. The van der Waals surface area contributed by atoms with E-state index in [1.807, 2.05) is 0 Å². The number of nitrogens with zero attached hydrogens (tertiary/aromatic N) is 1. The third-order valence-corrected chi connectivity index (χ3v) is 2.79. The van der Waals surface area contributed by atoms with E-state index in [2.05, 4.69) is 12.2 Å². The molecule has 1 aliphatic heterocycles. The van der Waals surface area contributed by atoms with Gasteiger partial charge < -0.3 is 15.3 Å². The van der Waals surface area contributed by atoms with E-state index in [9.17, 15) is 9.59 Å². The van der Waals surface area contributed by atoms with Gasteiger partial charge >= 0.3 is 0 Å². The Balaban J connectivity index is 2.48. The number of nitrogens with one attached hydrogen (secondary N) is 1. The van der Waals surface area contributed by atoms with Crippen LogP contribution in [0.1, 0.15) is 26.2 Å². The van der Waals surface area contributed by atoms with Gasteiger partial charge in [0.25, 0.3) is 0 Å². The summed E-state index contributed by atoms with van der Waals surface area (Å²) in [5.41, 5.74) is 0. The number of hydrogen-bond donors (Lipinski definition) is 2. The zero-order chi connectivity index (χ0) is 12.0. The largest absolute Gasteiger partial charge is 0.395 e. The van der Waals surface area contributed by atoms with Crippen molar-refractivity contribution in [2.75, 3.05) is 26.2 Å². The van der Waals surface area contributed by atoms with E-state index in [0.29, 0.717) is 19.6 Å². The highest BCUT2D eigenvalue weighted by molar-refractivity contribution is 5.89. The molecule has 1 heterocycles. The minimum Gasteiger partial charge on any atom is -0.395 e. The summed E-state index contributed by atoms with van der Waals surface area (Å²) >= 11 is 0. The van der Waals surface area contributed by atoms with Crippen molar-refractivity contribution in [2.45, 2.75) is 26.2 Å². The third kappa shape index (κ3) is 3.48. The van der Waals surface area contributed by atoms with Crippen molar-refractivity contribution in [3.05, 3.63) is 0 Å². The Kier molecular flexibility index (Phi) is 5.25. The first-order valence-electron chi connectivity index (χ1n) is 5.85. The van der Waals surface area contributed by atoms with E-state index in [1.165, 1.54) is 0 Å². The van der Waals surface area contributed by atoms with Crippen LogP contribution in [-0.4, -0.2) is 48.1 Å². The Bertz CT molecular complexity index is 256. The molecule has 1 saturated heterocycles. The Morgan fingerprint density at radius 2 is 2.31 bits per heavy atom. The lowest BCUT2D eigenvalue weighted by Crippen LogP contribution is -2.39. The lowest BCUT2D eigenvalue weighted by atomic mass is 10.1. The van der Waals surface area contributed by atoms with Crippen LogP contribution in [0, 0.1) is 5.92 Å². The SMILES string of the molecule is CCCCN(CCO)C(=O)C1CNC(=O)C1. The molecule has 0 bridgehead atoms. The fraction of sp³-hybridized carbons (Fsp3) is 0.818. The summed E-state index contributed by atoms with van der Waals surface area (Å²) in [5.74, 6) is -0.311. The van der Waals surface area contributed by atoms with Crippen LogP contribution in [0.2, 0.25) is 0 Å². The number of unbranched alkanes of at least 4 members (excludes halogenated alkanes) is 1. The molecular weight excluding hydrogens is 208 g/mol. The Hall–Kier alpha value is -1.10. The summed E-state index contributed by atoms with van der Waals surface area (Å²) in [5, 5.41) is 11.6. The van der Waals surface area contributed by atoms with Crippen LogP contribution in [0.15, 0.2) is 0 Å². The van der Waals surface area contributed by atoms with Crippen LogP contribution in [0.3, 0.4) is 0 Å².